The number of aromatic nitrogens is 2. The molecule has 4 rings (SSSR count). The van der Waals surface area contributed by atoms with E-state index in [9.17, 15) is 0 Å². The zero-order valence-corrected chi connectivity index (χ0v) is 13.8. The quantitative estimate of drug-likeness (QED) is 0.501. The molecule has 5 N–H and O–H groups in total. The fraction of sp³-hybridized carbons (Fsp3) is 0.211. The summed E-state index contributed by atoms with van der Waals surface area (Å²) >= 11 is 0. The maximum absolute atomic E-state index is 5.65. The summed E-state index contributed by atoms with van der Waals surface area (Å²) in [5.74, 6) is 0.708. The molecule has 0 amide bonds. The molecule has 25 heavy (non-hydrogen) atoms. The van der Waals surface area contributed by atoms with Gasteiger partial charge in [-0.3, -0.25) is 0 Å². The van der Waals surface area contributed by atoms with Crippen LogP contribution in [0.15, 0.2) is 59.7 Å². The Hall–Kier alpha value is -2.99. The average Bonchev–Trinajstić information content (AvgIpc) is 3.10. The second-order valence-electron chi connectivity index (χ2n) is 6.32. The fourth-order valence-electron chi connectivity index (χ4n) is 3.35. The molecule has 0 spiro atoms. The normalized spacial score (nSPS) is 19.8. The number of nitrogens with two attached hydrogens (primary N) is 2. The molecule has 2 aromatic carbocycles. The molecule has 0 unspecified atom stereocenters. The summed E-state index contributed by atoms with van der Waals surface area (Å²) in [6.07, 6.45) is 2.54. The van der Waals surface area contributed by atoms with Gasteiger partial charge in [-0.25, -0.2) is 15.0 Å². The summed E-state index contributed by atoms with van der Waals surface area (Å²) in [7, 11) is 0. The average molecular weight is 332 g/mol. The third kappa shape index (κ3) is 2.92. The zero-order chi connectivity index (χ0) is 17.3. The van der Waals surface area contributed by atoms with Crippen LogP contribution in [0.4, 0.5) is 0 Å². The SMILES string of the molecule is NC(N)=N[C@]1(c2nccc(-c3ccc4ccccc4c3)n2)CCNC1. The molecule has 1 fully saturated rings. The van der Waals surface area contributed by atoms with Crippen LogP contribution in [-0.4, -0.2) is 29.0 Å². The van der Waals surface area contributed by atoms with Crippen LogP contribution in [0.5, 0.6) is 0 Å². The van der Waals surface area contributed by atoms with E-state index in [-0.39, 0.29) is 5.96 Å². The number of nitrogens with one attached hydrogen (secondary N) is 1. The van der Waals surface area contributed by atoms with Crippen LogP contribution in [0.1, 0.15) is 12.2 Å². The van der Waals surface area contributed by atoms with Gasteiger partial charge in [0.1, 0.15) is 5.54 Å². The number of nitrogens with zero attached hydrogens (tertiary/aromatic N) is 3. The van der Waals surface area contributed by atoms with Crippen molar-refractivity contribution in [3.8, 4) is 11.3 Å². The standard InChI is InChI=1S/C19H20N6/c20-18(21)25-19(8-10-22-12-19)17-23-9-7-16(24-17)15-6-5-13-3-1-2-4-14(13)11-15/h1-7,9,11,22H,8,10,12H2,(H4,20,21,25)/t19-/m1/s1. The molecule has 3 aromatic rings. The van der Waals surface area contributed by atoms with E-state index in [4.69, 9.17) is 16.5 Å². The Morgan fingerprint density at radius 1 is 1.08 bits per heavy atom. The monoisotopic (exact) mass is 332 g/mol. The van der Waals surface area contributed by atoms with E-state index in [1.807, 2.05) is 18.2 Å². The van der Waals surface area contributed by atoms with Crippen LogP contribution in [0.25, 0.3) is 22.0 Å². The van der Waals surface area contributed by atoms with Crippen LogP contribution in [-0.2, 0) is 5.54 Å². The van der Waals surface area contributed by atoms with Gasteiger partial charge in [0.2, 0.25) is 0 Å². The lowest BCUT2D eigenvalue weighted by molar-refractivity contribution is 0.464. The fourth-order valence-corrected chi connectivity index (χ4v) is 3.35. The molecule has 0 saturated carbocycles. The topological polar surface area (TPSA) is 102 Å². The van der Waals surface area contributed by atoms with Gasteiger partial charge in [-0.15, -0.1) is 0 Å². The highest BCUT2D eigenvalue weighted by Crippen LogP contribution is 2.31. The summed E-state index contributed by atoms with van der Waals surface area (Å²) in [5.41, 5.74) is 12.6. The molecule has 0 bridgehead atoms. The molecular formula is C19H20N6. The minimum atomic E-state index is -0.592. The lowest BCUT2D eigenvalue weighted by Gasteiger charge is -2.22. The number of hydrogen-bond donors (Lipinski definition) is 3. The molecule has 6 nitrogen and oxygen atoms in total. The van der Waals surface area contributed by atoms with Crippen LogP contribution >= 0.6 is 0 Å². The minimum Gasteiger partial charge on any atom is -0.370 e. The number of hydrogen-bond acceptors (Lipinski definition) is 4. The molecule has 1 saturated heterocycles. The van der Waals surface area contributed by atoms with E-state index < -0.39 is 5.54 Å². The summed E-state index contributed by atoms with van der Waals surface area (Å²) in [6, 6.07) is 16.5. The van der Waals surface area contributed by atoms with E-state index in [2.05, 4.69) is 45.6 Å². The Kier molecular flexibility index (Phi) is 3.82. The third-order valence-corrected chi connectivity index (χ3v) is 4.59. The van der Waals surface area contributed by atoms with Crippen molar-refractivity contribution in [1.29, 1.82) is 0 Å². The Bertz CT molecular complexity index is 939. The molecule has 1 aliphatic heterocycles. The highest BCUT2D eigenvalue weighted by molar-refractivity contribution is 5.86. The van der Waals surface area contributed by atoms with Gasteiger partial charge < -0.3 is 16.8 Å². The molecule has 1 atom stereocenters. The largest absolute Gasteiger partial charge is 0.370 e. The van der Waals surface area contributed by atoms with Crippen molar-refractivity contribution in [3.05, 3.63) is 60.6 Å². The van der Waals surface area contributed by atoms with Crippen molar-refractivity contribution in [3.63, 3.8) is 0 Å². The van der Waals surface area contributed by atoms with E-state index in [1.165, 1.54) is 10.8 Å². The predicted octanol–water partition coefficient (Wildman–Crippen LogP) is 1.76. The number of rotatable bonds is 3. The highest BCUT2D eigenvalue weighted by atomic mass is 15.1. The van der Waals surface area contributed by atoms with E-state index in [1.54, 1.807) is 6.20 Å². The van der Waals surface area contributed by atoms with Gasteiger partial charge in [0.05, 0.1) is 5.69 Å². The lowest BCUT2D eigenvalue weighted by Crippen LogP contribution is -2.35. The van der Waals surface area contributed by atoms with Crippen LogP contribution in [0.2, 0.25) is 0 Å². The molecule has 1 aromatic heterocycles. The lowest BCUT2D eigenvalue weighted by atomic mass is 9.97. The van der Waals surface area contributed by atoms with Crippen LogP contribution in [0.3, 0.4) is 0 Å². The van der Waals surface area contributed by atoms with Crippen molar-refractivity contribution in [1.82, 2.24) is 15.3 Å². The van der Waals surface area contributed by atoms with E-state index >= 15 is 0 Å². The first-order valence-corrected chi connectivity index (χ1v) is 8.31. The number of aliphatic imine (C=N–C) groups is 1. The van der Waals surface area contributed by atoms with Gasteiger partial charge in [-0.05, 0) is 35.9 Å². The first-order chi connectivity index (χ1) is 12.2. The molecular weight excluding hydrogens is 312 g/mol. The van der Waals surface area contributed by atoms with Crippen LogP contribution in [0, 0.1) is 0 Å². The Morgan fingerprint density at radius 3 is 2.68 bits per heavy atom. The number of benzene rings is 2. The third-order valence-electron chi connectivity index (χ3n) is 4.59. The zero-order valence-electron chi connectivity index (χ0n) is 13.8. The molecule has 126 valence electrons. The van der Waals surface area contributed by atoms with Gasteiger partial charge in [-0.1, -0.05) is 36.4 Å². The first kappa shape index (κ1) is 15.5. The summed E-state index contributed by atoms with van der Waals surface area (Å²) in [4.78, 5) is 13.7. The second kappa shape index (κ2) is 6.14. The minimum absolute atomic E-state index is 0.0587. The van der Waals surface area contributed by atoms with Crippen molar-refractivity contribution in [2.45, 2.75) is 12.0 Å². The summed E-state index contributed by atoms with van der Waals surface area (Å²) in [5, 5.41) is 5.69. The van der Waals surface area contributed by atoms with Gasteiger partial charge in [0.15, 0.2) is 11.8 Å². The maximum Gasteiger partial charge on any atom is 0.186 e. The van der Waals surface area contributed by atoms with Crippen molar-refractivity contribution in [2.24, 2.45) is 16.5 Å². The Morgan fingerprint density at radius 2 is 1.92 bits per heavy atom. The van der Waals surface area contributed by atoms with Crippen LogP contribution < -0.4 is 16.8 Å². The summed E-state index contributed by atoms with van der Waals surface area (Å²) in [6.45, 7) is 1.46. The van der Waals surface area contributed by atoms with Gasteiger partial charge in [0.25, 0.3) is 0 Å². The highest BCUT2D eigenvalue weighted by Gasteiger charge is 2.38. The van der Waals surface area contributed by atoms with Crippen molar-refractivity contribution < 1.29 is 0 Å². The van der Waals surface area contributed by atoms with Crippen molar-refractivity contribution >= 4 is 16.7 Å². The van der Waals surface area contributed by atoms with E-state index in [0.717, 1.165) is 24.2 Å². The Balaban J connectivity index is 1.79. The molecule has 1 aliphatic rings. The smallest absolute Gasteiger partial charge is 0.186 e. The Labute approximate surface area is 146 Å². The number of fused-ring (bicyclic) bond motifs is 1. The first-order valence-electron chi connectivity index (χ1n) is 8.31. The van der Waals surface area contributed by atoms with Crippen molar-refractivity contribution in [2.75, 3.05) is 13.1 Å². The second-order valence-corrected chi connectivity index (χ2v) is 6.32. The molecule has 2 heterocycles. The molecule has 6 heteroatoms. The summed E-state index contributed by atoms with van der Waals surface area (Å²) < 4.78 is 0. The molecule has 0 radical (unpaired) electrons. The van der Waals surface area contributed by atoms with Gasteiger partial charge >= 0.3 is 0 Å². The van der Waals surface area contributed by atoms with Gasteiger partial charge in [-0.2, -0.15) is 0 Å². The van der Waals surface area contributed by atoms with E-state index in [0.29, 0.717) is 12.4 Å². The predicted molar refractivity (Wildman–Crippen MR) is 99.9 cm³/mol. The van der Waals surface area contributed by atoms with Gasteiger partial charge in [0, 0.05) is 18.3 Å². The molecule has 0 aliphatic carbocycles. The number of guanidine groups is 1. The maximum atomic E-state index is 5.65.